The first-order valence-corrected chi connectivity index (χ1v) is 6.98. The third kappa shape index (κ3) is 2.48. The van der Waals surface area contributed by atoms with Crippen LogP contribution in [0.25, 0.3) is 10.2 Å². The molecular weight excluding hydrogens is 277 g/mol. The lowest BCUT2D eigenvalue weighted by Crippen LogP contribution is -2.14. The van der Waals surface area contributed by atoms with Gasteiger partial charge in [0.25, 0.3) is 0 Å². The molecule has 2 aromatic heterocycles. The summed E-state index contributed by atoms with van der Waals surface area (Å²) in [5, 5.41) is 15.9. The van der Waals surface area contributed by atoms with E-state index in [2.05, 4.69) is 15.3 Å². The highest BCUT2D eigenvalue weighted by Crippen LogP contribution is 2.24. The number of thiophene rings is 1. The van der Waals surface area contributed by atoms with Gasteiger partial charge in [-0.3, -0.25) is 0 Å². The zero-order chi connectivity index (χ0) is 13.9. The average Bonchev–Trinajstić information content (AvgIpc) is 2.94. The minimum Gasteiger partial charge on any atom is -0.386 e. The lowest BCUT2D eigenvalue weighted by molar-refractivity contribution is 0.186. The predicted octanol–water partition coefficient (Wildman–Crippen LogP) is 2.98. The van der Waals surface area contributed by atoms with Crippen LogP contribution < -0.4 is 5.32 Å². The molecular formula is C14H12FN3OS. The van der Waals surface area contributed by atoms with E-state index in [-0.39, 0.29) is 12.1 Å². The fourth-order valence-electron chi connectivity index (χ4n) is 1.98. The standard InChI is InChI=1S/C14H12FN3OS/c15-11-4-2-1-3-9(11)12(19)7-16-13-10-5-6-20-14(10)18-8-17-13/h1-6,8,12,19H,7H2,(H,16,17,18). The van der Waals surface area contributed by atoms with Gasteiger partial charge >= 0.3 is 0 Å². The fraction of sp³-hybridized carbons (Fsp3) is 0.143. The monoisotopic (exact) mass is 289 g/mol. The Morgan fingerprint density at radius 3 is 2.95 bits per heavy atom. The molecule has 3 aromatic rings. The molecule has 0 amide bonds. The molecule has 2 heterocycles. The largest absolute Gasteiger partial charge is 0.386 e. The van der Waals surface area contributed by atoms with Crippen molar-refractivity contribution < 1.29 is 9.50 Å². The zero-order valence-corrected chi connectivity index (χ0v) is 11.3. The molecule has 0 fully saturated rings. The van der Waals surface area contributed by atoms with Gasteiger partial charge in [0.15, 0.2) is 0 Å². The first kappa shape index (κ1) is 13.0. The van der Waals surface area contributed by atoms with Crippen molar-refractivity contribution in [1.82, 2.24) is 9.97 Å². The third-order valence-corrected chi connectivity index (χ3v) is 3.81. The summed E-state index contributed by atoms with van der Waals surface area (Å²) in [6, 6.07) is 8.11. The number of hydrogen-bond donors (Lipinski definition) is 2. The maximum Gasteiger partial charge on any atom is 0.138 e. The summed E-state index contributed by atoms with van der Waals surface area (Å²) in [7, 11) is 0. The van der Waals surface area contributed by atoms with E-state index in [1.54, 1.807) is 18.2 Å². The van der Waals surface area contributed by atoms with Gasteiger partial charge < -0.3 is 10.4 Å². The summed E-state index contributed by atoms with van der Waals surface area (Å²) < 4.78 is 13.6. The molecule has 102 valence electrons. The number of hydrogen-bond acceptors (Lipinski definition) is 5. The van der Waals surface area contributed by atoms with Crippen molar-refractivity contribution in [3.8, 4) is 0 Å². The summed E-state index contributed by atoms with van der Waals surface area (Å²) in [6.45, 7) is 0.183. The SMILES string of the molecule is OC(CNc1ncnc2sccc12)c1ccccc1F. The third-order valence-electron chi connectivity index (χ3n) is 2.99. The van der Waals surface area contributed by atoms with Crippen LogP contribution in [0.1, 0.15) is 11.7 Å². The molecule has 0 saturated heterocycles. The van der Waals surface area contributed by atoms with E-state index < -0.39 is 11.9 Å². The molecule has 6 heteroatoms. The topological polar surface area (TPSA) is 58.0 Å². The quantitative estimate of drug-likeness (QED) is 0.775. The Kier molecular flexibility index (Phi) is 3.58. The molecule has 1 aromatic carbocycles. The Morgan fingerprint density at radius 1 is 1.25 bits per heavy atom. The number of aromatic nitrogens is 2. The van der Waals surface area contributed by atoms with Crippen molar-refractivity contribution in [3.63, 3.8) is 0 Å². The second kappa shape index (κ2) is 5.52. The molecule has 0 spiro atoms. The van der Waals surface area contributed by atoms with E-state index in [4.69, 9.17) is 0 Å². The number of rotatable bonds is 4. The maximum absolute atomic E-state index is 13.6. The van der Waals surface area contributed by atoms with E-state index >= 15 is 0 Å². The lowest BCUT2D eigenvalue weighted by atomic mass is 10.1. The second-order valence-electron chi connectivity index (χ2n) is 4.28. The molecule has 1 unspecified atom stereocenters. The van der Waals surface area contributed by atoms with Crippen LogP contribution in [-0.4, -0.2) is 21.6 Å². The highest BCUT2D eigenvalue weighted by molar-refractivity contribution is 7.16. The highest BCUT2D eigenvalue weighted by Gasteiger charge is 2.13. The summed E-state index contributed by atoms with van der Waals surface area (Å²) >= 11 is 1.52. The number of nitrogens with one attached hydrogen (secondary N) is 1. The van der Waals surface area contributed by atoms with Gasteiger partial charge in [0.1, 0.15) is 22.8 Å². The first-order valence-electron chi connectivity index (χ1n) is 6.10. The van der Waals surface area contributed by atoms with Crippen LogP contribution in [0.15, 0.2) is 42.0 Å². The average molecular weight is 289 g/mol. The van der Waals surface area contributed by atoms with Gasteiger partial charge in [-0.05, 0) is 17.5 Å². The van der Waals surface area contributed by atoms with Gasteiger partial charge in [-0.15, -0.1) is 11.3 Å². The molecule has 0 radical (unpaired) electrons. The van der Waals surface area contributed by atoms with Crippen LogP contribution in [0, 0.1) is 5.82 Å². The number of anilines is 1. The minimum absolute atomic E-state index is 0.183. The van der Waals surface area contributed by atoms with Crippen molar-refractivity contribution in [2.45, 2.75) is 6.10 Å². The summed E-state index contributed by atoms with van der Waals surface area (Å²) in [5.74, 6) is 0.233. The molecule has 1 atom stereocenters. The van der Waals surface area contributed by atoms with Crippen LogP contribution >= 0.6 is 11.3 Å². The van der Waals surface area contributed by atoms with Crippen molar-refractivity contribution in [3.05, 3.63) is 53.4 Å². The van der Waals surface area contributed by atoms with Gasteiger partial charge in [0.05, 0.1) is 11.5 Å². The van der Waals surface area contributed by atoms with Crippen LogP contribution in [0.4, 0.5) is 10.2 Å². The minimum atomic E-state index is -0.931. The van der Waals surface area contributed by atoms with E-state index in [1.165, 1.54) is 23.7 Å². The van der Waals surface area contributed by atoms with Crippen LogP contribution in [0.5, 0.6) is 0 Å². The van der Waals surface area contributed by atoms with E-state index in [9.17, 15) is 9.50 Å². The normalized spacial score (nSPS) is 12.5. The Balaban J connectivity index is 1.76. The molecule has 0 aliphatic heterocycles. The number of nitrogens with zero attached hydrogens (tertiary/aromatic N) is 2. The maximum atomic E-state index is 13.6. The molecule has 0 aliphatic rings. The zero-order valence-electron chi connectivity index (χ0n) is 10.5. The Hall–Kier alpha value is -2.05. The highest BCUT2D eigenvalue weighted by atomic mass is 32.1. The molecule has 3 rings (SSSR count). The lowest BCUT2D eigenvalue weighted by Gasteiger charge is -2.13. The van der Waals surface area contributed by atoms with Crippen LogP contribution in [-0.2, 0) is 0 Å². The first-order chi connectivity index (χ1) is 9.75. The Morgan fingerprint density at radius 2 is 2.10 bits per heavy atom. The van der Waals surface area contributed by atoms with E-state index in [0.29, 0.717) is 5.82 Å². The number of halogens is 1. The van der Waals surface area contributed by atoms with Crippen molar-refractivity contribution in [2.24, 2.45) is 0 Å². The molecule has 0 aliphatic carbocycles. The number of benzene rings is 1. The van der Waals surface area contributed by atoms with Gasteiger partial charge in [-0.2, -0.15) is 0 Å². The van der Waals surface area contributed by atoms with E-state index in [1.807, 2.05) is 11.4 Å². The number of aliphatic hydroxyl groups is 1. The van der Waals surface area contributed by atoms with Crippen molar-refractivity contribution >= 4 is 27.4 Å². The Labute approximate surface area is 118 Å². The molecule has 0 bridgehead atoms. The molecule has 2 N–H and O–H groups in total. The smallest absolute Gasteiger partial charge is 0.138 e. The molecule has 4 nitrogen and oxygen atoms in total. The fourth-order valence-corrected chi connectivity index (χ4v) is 2.71. The van der Waals surface area contributed by atoms with E-state index in [0.717, 1.165) is 10.2 Å². The predicted molar refractivity (Wildman–Crippen MR) is 77.3 cm³/mol. The summed E-state index contributed by atoms with van der Waals surface area (Å²) in [5.41, 5.74) is 0.274. The van der Waals surface area contributed by atoms with Crippen LogP contribution in [0.3, 0.4) is 0 Å². The van der Waals surface area contributed by atoms with Gasteiger partial charge in [-0.1, -0.05) is 18.2 Å². The van der Waals surface area contributed by atoms with Crippen molar-refractivity contribution in [1.29, 1.82) is 0 Å². The van der Waals surface area contributed by atoms with Crippen molar-refractivity contribution in [2.75, 3.05) is 11.9 Å². The van der Waals surface area contributed by atoms with Gasteiger partial charge in [-0.25, -0.2) is 14.4 Å². The summed E-state index contributed by atoms with van der Waals surface area (Å²) in [6.07, 6.45) is 0.538. The number of aliphatic hydroxyl groups excluding tert-OH is 1. The number of fused-ring (bicyclic) bond motifs is 1. The van der Waals surface area contributed by atoms with Gasteiger partial charge in [0, 0.05) is 12.1 Å². The molecule has 20 heavy (non-hydrogen) atoms. The van der Waals surface area contributed by atoms with Gasteiger partial charge in [0.2, 0.25) is 0 Å². The molecule has 0 saturated carbocycles. The second-order valence-corrected chi connectivity index (χ2v) is 5.17. The van der Waals surface area contributed by atoms with Crippen LogP contribution in [0.2, 0.25) is 0 Å². The summed E-state index contributed by atoms with van der Waals surface area (Å²) in [4.78, 5) is 9.17. The Bertz CT molecular complexity index is 731.